The molecule has 0 aliphatic carbocycles. The highest BCUT2D eigenvalue weighted by Gasteiger charge is 2.41. The number of carbonyl (C=O) groups excluding carboxylic acids is 1. The Labute approximate surface area is 178 Å². The van der Waals surface area contributed by atoms with E-state index in [4.69, 9.17) is 9.47 Å². The zero-order valence-electron chi connectivity index (χ0n) is 17.8. The number of aryl methyl sites for hydroxylation is 1. The van der Waals surface area contributed by atoms with Crippen molar-refractivity contribution in [3.8, 4) is 5.75 Å². The Kier molecular flexibility index (Phi) is 5.71. The molecule has 0 unspecified atom stereocenters. The SMILES string of the molecule is COc1ccc2c(c1)[C@H](N(C)C)[C@@H](c1ccccc1)O[C@H]2C(=O)c1ccc(C)cc1. The smallest absolute Gasteiger partial charge is 0.196 e. The van der Waals surface area contributed by atoms with E-state index >= 15 is 0 Å². The van der Waals surface area contributed by atoms with Crippen molar-refractivity contribution < 1.29 is 14.3 Å². The van der Waals surface area contributed by atoms with Crippen molar-refractivity contribution in [1.82, 2.24) is 4.90 Å². The molecule has 1 heterocycles. The molecule has 0 aromatic heterocycles. The number of hydrogen-bond acceptors (Lipinski definition) is 4. The van der Waals surface area contributed by atoms with Crippen LogP contribution in [0.4, 0.5) is 0 Å². The summed E-state index contributed by atoms with van der Waals surface area (Å²) in [5.41, 5.74) is 4.78. The standard InChI is InChI=1S/C26H27NO3/c1-17-10-12-18(13-11-17)24(28)26-21-15-14-20(29-4)16-22(21)23(27(2)3)25(30-26)19-8-6-5-7-9-19/h5-16,23,25-26H,1-4H3/t23-,25+,26+/m0/s1. The van der Waals surface area contributed by atoms with Crippen molar-refractivity contribution in [3.63, 3.8) is 0 Å². The number of nitrogens with zero attached hydrogens (tertiary/aromatic N) is 1. The second-order valence-corrected chi connectivity index (χ2v) is 7.98. The Hall–Kier alpha value is -2.95. The van der Waals surface area contributed by atoms with Gasteiger partial charge in [-0.05, 0) is 49.8 Å². The number of benzene rings is 3. The maximum absolute atomic E-state index is 13.5. The minimum absolute atomic E-state index is 0.0282. The first-order valence-corrected chi connectivity index (χ1v) is 10.1. The van der Waals surface area contributed by atoms with Crippen LogP contribution in [0.25, 0.3) is 0 Å². The molecule has 1 aliphatic heterocycles. The summed E-state index contributed by atoms with van der Waals surface area (Å²) in [4.78, 5) is 15.7. The van der Waals surface area contributed by atoms with Gasteiger partial charge < -0.3 is 9.47 Å². The van der Waals surface area contributed by atoms with Gasteiger partial charge in [-0.2, -0.15) is 0 Å². The lowest BCUT2D eigenvalue weighted by molar-refractivity contribution is -0.0580. The van der Waals surface area contributed by atoms with Crippen LogP contribution in [0.15, 0.2) is 72.8 Å². The minimum Gasteiger partial charge on any atom is -0.497 e. The number of methoxy groups -OCH3 is 1. The van der Waals surface area contributed by atoms with Gasteiger partial charge in [-0.1, -0.05) is 66.2 Å². The monoisotopic (exact) mass is 401 g/mol. The van der Waals surface area contributed by atoms with Crippen LogP contribution in [0.3, 0.4) is 0 Å². The fourth-order valence-corrected chi connectivity index (χ4v) is 4.16. The largest absolute Gasteiger partial charge is 0.497 e. The van der Waals surface area contributed by atoms with Crippen molar-refractivity contribution in [2.45, 2.75) is 25.2 Å². The lowest BCUT2D eigenvalue weighted by Crippen LogP contribution is -2.36. The zero-order chi connectivity index (χ0) is 21.3. The number of Topliss-reactive ketones (excluding diaryl/α,β-unsaturated/α-hetero) is 1. The zero-order valence-corrected chi connectivity index (χ0v) is 17.8. The molecule has 4 heteroatoms. The molecule has 0 spiro atoms. The van der Waals surface area contributed by atoms with Crippen LogP contribution in [0.5, 0.6) is 5.75 Å². The molecule has 0 bridgehead atoms. The van der Waals surface area contributed by atoms with Gasteiger partial charge in [-0.25, -0.2) is 0 Å². The van der Waals surface area contributed by atoms with Gasteiger partial charge in [0, 0.05) is 5.56 Å². The summed E-state index contributed by atoms with van der Waals surface area (Å²) in [5, 5.41) is 0. The normalized spacial score (nSPS) is 20.6. The summed E-state index contributed by atoms with van der Waals surface area (Å²) < 4.78 is 12.1. The molecule has 0 amide bonds. The molecule has 0 N–H and O–H groups in total. The van der Waals surface area contributed by atoms with E-state index in [0.717, 1.165) is 28.0 Å². The predicted octanol–water partition coefficient (Wildman–Crippen LogP) is 5.30. The average molecular weight is 402 g/mol. The molecular formula is C26H27NO3. The van der Waals surface area contributed by atoms with Crippen molar-refractivity contribution in [1.29, 1.82) is 0 Å². The van der Waals surface area contributed by atoms with Crippen LogP contribution in [-0.4, -0.2) is 31.9 Å². The Morgan fingerprint density at radius 1 is 0.933 bits per heavy atom. The fourth-order valence-electron chi connectivity index (χ4n) is 4.16. The van der Waals surface area contributed by atoms with E-state index < -0.39 is 6.10 Å². The summed E-state index contributed by atoms with van der Waals surface area (Å²) >= 11 is 0. The van der Waals surface area contributed by atoms with Crippen LogP contribution in [0, 0.1) is 6.92 Å². The van der Waals surface area contributed by atoms with Gasteiger partial charge >= 0.3 is 0 Å². The van der Waals surface area contributed by atoms with Crippen molar-refractivity contribution in [3.05, 3.63) is 101 Å². The van der Waals surface area contributed by atoms with E-state index in [1.807, 2.05) is 81.7 Å². The topological polar surface area (TPSA) is 38.8 Å². The molecule has 0 saturated carbocycles. The van der Waals surface area contributed by atoms with Gasteiger partial charge in [-0.3, -0.25) is 9.69 Å². The second-order valence-electron chi connectivity index (χ2n) is 7.98. The van der Waals surface area contributed by atoms with Crippen molar-refractivity contribution >= 4 is 5.78 Å². The molecule has 0 fully saturated rings. The lowest BCUT2D eigenvalue weighted by Gasteiger charge is -2.41. The molecule has 30 heavy (non-hydrogen) atoms. The van der Waals surface area contributed by atoms with E-state index in [1.165, 1.54) is 0 Å². The molecule has 0 radical (unpaired) electrons. The van der Waals surface area contributed by atoms with Gasteiger partial charge in [0.2, 0.25) is 0 Å². The van der Waals surface area contributed by atoms with Crippen LogP contribution < -0.4 is 4.74 Å². The van der Waals surface area contributed by atoms with Crippen LogP contribution in [-0.2, 0) is 4.74 Å². The number of ketones is 1. The van der Waals surface area contributed by atoms with Crippen LogP contribution >= 0.6 is 0 Å². The molecule has 154 valence electrons. The Morgan fingerprint density at radius 2 is 1.63 bits per heavy atom. The highest BCUT2D eigenvalue weighted by molar-refractivity contribution is 6.00. The van der Waals surface area contributed by atoms with Crippen molar-refractivity contribution in [2.24, 2.45) is 0 Å². The Balaban J connectivity index is 1.85. The maximum Gasteiger partial charge on any atom is 0.196 e. The molecule has 3 aromatic carbocycles. The number of fused-ring (bicyclic) bond motifs is 1. The van der Waals surface area contributed by atoms with Gasteiger partial charge in [0.05, 0.1) is 13.2 Å². The summed E-state index contributed by atoms with van der Waals surface area (Å²) in [7, 11) is 5.74. The van der Waals surface area contributed by atoms with E-state index in [9.17, 15) is 4.79 Å². The first-order chi connectivity index (χ1) is 14.5. The van der Waals surface area contributed by atoms with Gasteiger partial charge in [0.1, 0.15) is 18.0 Å². The van der Waals surface area contributed by atoms with Gasteiger partial charge in [0.15, 0.2) is 5.78 Å². The van der Waals surface area contributed by atoms with E-state index in [2.05, 4.69) is 17.0 Å². The number of likely N-dealkylation sites (N-methyl/N-ethyl adjacent to an activating group) is 1. The predicted molar refractivity (Wildman–Crippen MR) is 118 cm³/mol. The van der Waals surface area contributed by atoms with Crippen molar-refractivity contribution in [2.75, 3.05) is 21.2 Å². The molecule has 1 aliphatic rings. The molecule has 0 saturated heterocycles. The summed E-state index contributed by atoms with van der Waals surface area (Å²) in [5.74, 6) is 0.746. The molecule has 3 aromatic rings. The number of rotatable bonds is 5. The third kappa shape index (κ3) is 3.76. The van der Waals surface area contributed by atoms with E-state index in [-0.39, 0.29) is 17.9 Å². The first kappa shape index (κ1) is 20.3. The molecular weight excluding hydrogens is 374 g/mol. The molecule has 4 rings (SSSR count). The highest BCUT2D eigenvalue weighted by atomic mass is 16.5. The number of carbonyl (C=O) groups is 1. The number of hydrogen-bond donors (Lipinski definition) is 0. The number of ether oxygens (including phenoxy) is 2. The first-order valence-electron chi connectivity index (χ1n) is 10.1. The maximum atomic E-state index is 13.5. The highest BCUT2D eigenvalue weighted by Crippen LogP contribution is 2.48. The summed E-state index contributed by atoms with van der Waals surface area (Å²) in [6.07, 6.45) is -0.949. The van der Waals surface area contributed by atoms with E-state index in [1.54, 1.807) is 7.11 Å². The average Bonchev–Trinajstić information content (AvgIpc) is 2.78. The van der Waals surface area contributed by atoms with Gasteiger partial charge in [0.25, 0.3) is 0 Å². The summed E-state index contributed by atoms with van der Waals surface area (Å²) in [6, 6.07) is 23.6. The fraction of sp³-hybridized carbons (Fsp3) is 0.269. The molecule has 3 atom stereocenters. The van der Waals surface area contributed by atoms with Gasteiger partial charge in [-0.15, -0.1) is 0 Å². The van der Waals surface area contributed by atoms with Crippen LogP contribution in [0.1, 0.15) is 50.9 Å². The van der Waals surface area contributed by atoms with E-state index in [0.29, 0.717) is 5.56 Å². The van der Waals surface area contributed by atoms with Crippen LogP contribution in [0.2, 0.25) is 0 Å². The minimum atomic E-state index is -0.671. The third-order valence-electron chi connectivity index (χ3n) is 5.72. The Bertz CT molecular complexity index is 1030. The quantitative estimate of drug-likeness (QED) is 0.544. The summed E-state index contributed by atoms with van der Waals surface area (Å²) in [6.45, 7) is 2.01. The third-order valence-corrected chi connectivity index (χ3v) is 5.72. The molecule has 4 nitrogen and oxygen atoms in total. The lowest BCUT2D eigenvalue weighted by atomic mass is 9.84. The Morgan fingerprint density at radius 3 is 2.27 bits per heavy atom. The second kappa shape index (κ2) is 8.42.